The Kier molecular flexibility index (Phi) is 4.18. The molecule has 0 unspecified atom stereocenters. The number of ether oxygens (including phenoxy) is 3. The van der Waals surface area contributed by atoms with Gasteiger partial charge < -0.3 is 19.9 Å². The van der Waals surface area contributed by atoms with Crippen molar-refractivity contribution in [3.8, 4) is 46.0 Å². The van der Waals surface area contributed by atoms with E-state index in [2.05, 4.69) is 21.0 Å². The second kappa shape index (κ2) is 6.80. The lowest BCUT2D eigenvalue weighted by atomic mass is 10.0. The SMILES string of the molecule is COc1ncc(-c2cc(-c3ccc4c(c3)OCCO4)nc(N)c2C#N)cn1. The van der Waals surface area contributed by atoms with Crippen LogP contribution in [0.15, 0.2) is 36.7 Å². The fraction of sp³-hybridized carbons (Fsp3) is 0.158. The number of pyridine rings is 1. The second-order valence-electron chi connectivity index (χ2n) is 5.74. The Hall–Kier alpha value is -3.86. The maximum atomic E-state index is 9.51. The number of benzene rings is 1. The van der Waals surface area contributed by atoms with Crippen LogP contribution in [0.25, 0.3) is 22.4 Å². The lowest BCUT2D eigenvalue weighted by Crippen LogP contribution is -2.15. The van der Waals surface area contributed by atoms with Gasteiger partial charge in [-0.25, -0.2) is 15.0 Å². The molecule has 2 aromatic heterocycles. The highest BCUT2D eigenvalue weighted by atomic mass is 16.6. The number of methoxy groups -OCH3 is 1. The Morgan fingerprint density at radius 2 is 1.81 bits per heavy atom. The van der Waals surface area contributed by atoms with E-state index in [4.69, 9.17) is 19.9 Å². The number of rotatable bonds is 3. The lowest BCUT2D eigenvalue weighted by Gasteiger charge is -2.19. The summed E-state index contributed by atoms with van der Waals surface area (Å²) in [5.41, 5.74) is 8.95. The summed E-state index contributed by atoms with van der Waals surface area (Å²) >= 11 is 0. The molecule has 2 N–H and O–H groups in total. The normalized spacial score (nSPS) is 12.3. The van der Waals surface area contributed by atoms with Gasteiger partial charge in [-0.3, -0.25) is 0 Å². The van der Waals surface area contributed by atoms with Crippen molar-refractivity contribution in [1.29, 1.82) is 5.26 Å². The molecule has 0 saturated carbocycles. The van der Waals surface area contributed by atoms with Gasteiger partial charge in [0.05, 0.1) is 12.8 Å². The first kappa shape index (κ1) is 16.6. The minimum atomic E-state index is 0.135. The zero-order valence-electron chi connectivity index (χ0n) is 14.5. The van der Waals surface area contributed by atoms with Gasteiger partial charge in [0.25, 0.3) is 0 Å². The highest BCUT2D eigenvalue weighted by Crippen LogP contribution is 2.36. The van der Waals surface area contributed by atoms with Gasteiger partial charge in [0.15, 0.2) is 11.5 Å². The summed E-state index contributed by atoms with van der Waals surface area (Å²) in [6, 6.07) is 9.67. The van der Waals surface area contributed by atoms with Gasteiger partial charge in [0, 0.05) is 29.1 Å². The molecule has 134 valence electrons. The maximum absolute atomic E-state index is 9.51. The number of nitriles is 1. The average molecular weight is 361 g/mol. The first-order valence-corrected chi connectivity index (χ1v) is 8.16. The number of nitrogen functional groups attached to an aromatic ring is 1. The van der Waals surface area contributed by atoms with Crippen molar-refractivity contribution >= 4 is 5.82 Å². The molecule has 4 rings (SSSR count). The predicted octanol–water partition coefficient (Wildman–Crippen LogP) is 2.44. The number of aromatic nitrogens is 3. The molecule has 1 aromatic carbocycles. The minimum absolute atomic E-state index is 0.135. The van der Waals surface area contributed by atoms with E-state index in [1.165, 1.54) is 7.11 Å². The Morgan fingerprint density at radius 1 is 1.07 bits per heavy atom. The van der Waals surface area contributed by atoms with E-state index in [0.717, 1.165) is 5.56 Å². The number of anilines is 1. The van der Waals surface area contributed by atoms with Gasteiger partial charge in [-0.15, -0.1) is 0 Å². The van der Waals surface area contributed by atoms with Crippen LogP contribution in [0.1, 0.15) is 5.56 Å². The topological polar surface area (TPSA) is 116 Å². The molecule has 0 radical (unpaired) electrons. The molecule has 1 aliphatic rings. The molecule has 0 saturated heterocycles. The summed E-state index contributed by atoms with van der Waals surface area (Å²) in [5, 5.41) is 9.51. The van der Waals surface area contributed by atoms with Gasteiger partial charge in [0.2, 0.25) is 0 Å². The average Bonchev–Trinajstić information content (AvgIpc) is 2.73. The molecule has 3 heterocycles. The fourth-order valence-electron chi connectivity index (χ4n) is 2.82. The highest BCUT2D eigenvalue weighted by Gasteiger charge is 2.17. The summed E-state index contributed by atoms with van der Waals surface area (Å²) in [7, 11) is 1.49. The quantitative estimate of drug-likeness (QED) is 0.756. The van der Waals surface area contributed by atoms with Crippen molar-refractivity contribution in [3.05, 3.63) is 42.2 Å². The van der Waals surface area contributed by atoms with Crippen LogP contribution in [0.4, 0.5) is 5.82 Å². The standard InChI is InChI=1S/C19H15N5O3/c1-25-19-22-9-12(10-23-19)13-7-15(24-18(21)14(13)8-20)11-2-3-16-17(6-11)27-5-4-26-16/h2-3,6-7,9-10H,4-5H2,1H3,(H2,21,24). The monoisotopic (exact) mass is 361 g/mol. The number of nitrogens with two attached hydrogens (primary N) is 1. The second-order valence-corrected chi connectivity index (χ2v) is 5.74. The van der Waals surface area contributed by atoms with E-state index >= 15 is 0 Å². The van der Waals surface area contributed by atoms with Crippen molar-refractivity contribution in [3.63, 3.8) is 0 Å². The highest BCUT2D eigenvalue weighted by molar-refractivity contribution is 5.80. The Labute approximate surface area is 155 Å². The Balaban J connectivity index is 1.83. The molecule has 0 aliphatic carbocycles. The van der Waals surface area contributed by atoms with Gasteiger partial charge in [-0.05, 0) is 24.3 Å². The van der Waals surface area contributed by atoms with Crippen LogP contribution in [-0.2, 0) is 0 Å². The first-order valence-electron chi connectivity index (χ1n) is 8.16. The Morgan fingerprint density at radius 3 is 2.52 bits per heavy atom. The van der Waals surface area contributed by atoms with Crippen molar-refractivity contribution in [1.82, 2.24) is 15.0 Å². The molecule has 0 spiro atoms. The summed E-state index contributed by atoms with van der Waals surface area (Å²) in [6.07, 6.45) is 3.16. The molecule has 0 atom stereocenters. The number of fused-ring (bicyclic) bond motifs is 1. The molecular formula is C19H15N5O3. The summed E-state index contributed by atoms with van der Waals surface area (Å²) in [4.78, 5) is 12.6. The number of hydrogen-bond acceptors (Lipinski definition) is 8. The smallest absolute Gasteiger partial charge is 0.316 e. The fourth-order valence-corrected chi connectivity index (χ4v) is 2.82. The molecule has 1 aliphatic heterocycles. The van der Waals surface area contributed by atoms with Crippen LogP contribution in [-0.4, -0.2) is 35.3 Å². The molecule has 8 heteroatoms. The largest absolute Gasteiger partial charge is 0.486 e. The van der Waals surface area contributed by atoms with Crippen LogP contribution in [0, 0.1) is 11.3 Å². The lowest BCUT2D eigenvalue weighted by molar-refractivity contribution is 0.171. The van der Waals surface area contributed by atoms with Crippen molar-refractivity contribution in [2.45, 2.75) is 0 Å². The van der Waals surface area contributed by atoms with Crippen LogP contribution in [0.3, 0.4) is 0 Å². The number of nitrogens with zero attached hydrogens (tertiary/aromatic N) is 4. The van der Waals surface area contributed by atoms with Crippen molar-refractivity contribution in [2.24, 2.45) is 0 Å². The third kappa shape index (κ3) is 3.06. The third-order valence-corrected chi connectivity index (χ3v) is 4.12. The van der Waals surface area contributed by atoms with E-state index < -0.39 is 0 Å². The zero-order chi connectivity index (χ0) is 18.8. The Bertz CT molecular complexity index is 1040. The number of hydrogen-bond donors (Lipinski definition) is 1. The molecule has 0 fully saturated rings. The summed E-state index contributed by atoms with van der Waals surface area (Å²) in [6.45, 7) is 1.02. The maximum Gasteiger partial charge on any atom is 0.316 e. The van der Waals surface area contributed by atoms with Crippen LogP contribution in [0.5, 0.6) is 17.5 Å². The van der Waals surface area contributed by atoms with Gasteiger partial charge in [0.1, 0.15) is 30.7 Å². The first-order chi connectivity index (χ1) is 13.2. The minimum Gasteiger partial charge on any atom is -0.486 e. The summed E-state index contributed by atoms with van der Waals surface area (Å²) in [5.74, 6) is 1.48. The molecule has 27 heavy (non-hydrogen) atoms. The van der Waals surface area contributed by atoms with E-state index in [-0.39, 0.29) is 17.4 Å². The molecule has 3 aromatic rings. The van der Waals surface area contributed by atoms with E-state index in [9.17, 15) is 5.26 Å². The van der Waals surface area contributed by atoms with Crippen LogP contribution < -0.4 is 19.9 Å². The van der Waals surface area contributed by atoms with E-state index in [1.54, 1.807) is 18.5 Å². The van der Waals surface area contributed by atoms with E-state index in [1.807, 2.05) is 18.2 Å². The molecule has 0 amide bonds. The van der Waals surface area contributed by atoms with Crippen molar-refractivity contribution < 1.29 is 14.2 Å². The zero-order valence-corrected chi connectivity index (χ0v) is 14.5. The predicted molar refractivity (Wildman–Crippen MR) is 97.4 cm³/mol. The molecule has 0 bridgehead atoms. The van der Waals surface area contributed by atoms with Gasteiger partial charge >= 0.3 is 6.01 Å². The molecular weight excluding hydrogens is 346 g/mol. The van der Waals surface area contributed by atoms with Crippen LogP contribution in [0.2, 0.25) is 0 Å². The van der Waals surface area contributed by atoms with Gasteiger partial charge in [-0.2, -0.15) is 5.26 Å². The third-order valence-electron chi connectivity index (χ3n) is 4.12. The van der Waals surface area contributed by atoms with E-state index in [0.29, 0.717) is 41.5 Å². The van der Waals surface area contributed by atoms with Crippen LogP contribution >= 0.6 is 0 Å². The van der Waals surface area contributed by atoms with Gasteiger partial charge in [-0.1, -0.05) is 0 Å². The molecule has 8 nitrogen and oxygen atoms in total. The summed E-state index contributed by atoms with van der Waals surface area (Å²) < 4.78 is 16.2. The van der Waals surface area contributed by atoms with Crippen molar-refractivity contribution in [2.75, 3.05) is 26.1 Å².